The Bertz CT molecular complexity index is 366. The lowest BCUT2D eigenvalue weighted by Gasteiger charge is -2.17. The van der Waals surface area contributed by atoms with Crippen molar-refractivity contribution < 1.29 is 24.2 Å². The molecule has 1 aliphatic rings. The van der Waals surface area contributed by atoms with E-state index in [4.69, 9.17) is 15.6 Å². The third-order valence-corrected chi connectivity index (χ3v) is 3.28. The number of carbonyl (C=O) groups is 3. The van der Waals surface area contributed by atoms with Crippen LogP contribution in [0.1, 0.15) is 39.0 Å². The number of esters is 1. The van der Waals surface area contributed by atoms with Crippen molar-refractivity contribution in [3.63, 3.8) is 0 Å². The van der Waals surface area contributed by atoms with Crippen molar-refractivity contribution in [2.45, 2.75) is 51.1 Å². The molecule has 0 aromatic heterocycles. The van der Waals surface area contributed by atoms with Crippen LogP contribution in [0.25, 0.3) is 0 Å². The maximum atomic E-state index is 11.7. The summed E-state index contributed by atoms with van der Waals surface area (Å²) in [6, 6.07) is -1.49. The third kappa shape index (κ3) is 5.56. The number of carboxylic acids is 1. The van der Waals surface area contributed by atoms with Crippen LogP contribution in [-0.4, -0.2) is 41.6 Å². The molecule has 0 aliphatic heterocycles. The summed E-state index contributed by atoms with van der Waals surface area (Å²) in [4.78, 5) is 33.7. The fourth-order valence-corrected chi connectivity index (χ4v) is 2.16. The van der Waals surface area contributed by atoms with Crippen molar-refractivity contribution in [3.05, 3.63) is 0 Å². The van der Waals surface area contributed by atoms with Crippen LogP contribution in [0.2, 0.25) is 0 Å². The minimum absolute atomic E-state index is 0.0211. The van der Waals surface area contributed by atoms with Crippen LogP contribution < -0.4 is 11.1 Å². The SMILES string of the molecule is CC(COC(=O)C1CCCC1)NC(=O)C(N)CC(=O)O. The van der Waals surface area contributed by atoms with Gasteiger partial charge in [-0.1, -0.05) is 12.8 Å². The van der Waals surface area contributed by atoms with Gasteiger partial charge in [-0.15, -0.1) is 0 Å². The third-order valence-electron chi connectivity index (χ3n) is 3.28. The number of carboxylic acid groups (broad SMARTS) is 1. The Morgan fingerprint density at radius 3 is 2.50 bits per heavy atom. The molecule has 0 aromatic carbocycles. The van der Waals surface area contributed by atoms with E-state index in [2.05, 4.69) is 5.32 Å². The number of hydrogen-bond donors (Lipinski definition) is 3. The van der Waals surface area contributed by atoms with Gasteiger partial charge in [0.25, 0.3) is 0 Å². The maximum Gasteiger partial charge on any atom is 0.309 e. The lowest BCUT2D eigenvalue weighted by molar-refractivity contribution is -0.149. The lowest BCUT2D eigenvalue weighted by atomic mass is 10.1. The zero-order valence-electron chi connectivity index (χ0n) is 11.6. The molecule has 0 radical (unpaired) electrons. The Kier molecular flexibility index (Phi) is 6.44. The van der Waals surface area contributed by atoms with E-state index in [-0.39, 0.29) is 18.5 Å². The van der Waals surface area contributed by atoms with E-state index in [1.165, 1.54) is 0 Å². The zero-order valence-corrected chi connectivity index (χ0v) is 11.6. The lowest BCUT2D eigenvalue weighted by Crippen LogP contribution is -2.47. The molecule has 114 valence electrons. The molecule has 0 spiro atoms. The summed E-state index contributed by atoms with van der Waals surface area (Å²) in [6.45, 7) is 1.74. The molecule has 1 amide bonds. The van der Waals surface area contributed by atoms with Gasteiger partial charge in [-0.25, -0.2) is 0 Å². The number of ether oxygens (including phenoxy) is 1. The van der Waals surface area contributed by atoms with Crippen molar-refractivity contribution in [2.75, 3.05) is 6.61 Å². The van der Waals surface area contributed by atoms with Gasteiger partial charge in [-0.3, -0.25) is 14.4 Å². The second-order valence-corrected chi connectivity index (χ2v) is 5.23. The van der Waals surface area contributed by atoms with Gasteiger partial charge >= 0.3 is 11.9 Å². The molecule has 2 unspecified atom stereocenters. The highest BCUT2D eigenvalue weighted by molar-refractivity contribution is 5.86. The summed E-state index contributed by atoms with van der Waals surface area (Å²) in [5.41, 5.74) is 5.42. The number of nitrogens with one attached hydrogen (secondary N) is 1. The zero-order chi connectivity index (χ0) is 15.1. The average molecular weight is 286 g/mol. The fourth-order valence-electron chi connectivity index (χ4n) is 2.16. The number of amides is 1. The summed E-state index contributed by atoms with van der Waals surface area (Å²) in [7, 11) is 0. The molecule has 1 fully saturated rings. The number of rotatable bonds is 7. The van der Waals surface area contributed by atoms with Crippen molar-refractivity contribution in [3.8, 4) is 0 Å². The second kappa shape index (κ2) is 7.84. The van der Waals surface area contributed by atoms with Crippen LogP contribution in [-0.2, 0) is 19.1 Å². The van der Waals surface area contributed by atoms with Gasteiger partial charge in [0.15, 0.2) is 0 Å². The molecular formula is C13H22N2O5. The van der Waals surface area contributed by atoms with Crippen molar-refractivity contribution in [1.29, 1.82) is 0 Å². The minimum Gasteiger partial charge on any atom is -0.481 e. The quantitative estimate of drug-likeness (QED) is 0.568. The summed E-state index contributed by atoms with van der Waals surface area (Å²) in [6.07, 6.45) is 3.40. The van der Waals surface area contributed by atoms with Crippen molar-refractivity contribution in [2.24, 2.45) is 11.7 Å². The average Bonchev–Trinajstić information content (AvgIpc) is 2.88. The van der Waals surface area contributed by atoms with E-state index in [1.807, 2.05) is 0 Å². The van der Waals surface area contributed by atoms with Gasteiger partial charge in [0, 0.05) is 0 Å². The molecule has 0 aromatic rings. The Balaban J connectivity index is 2.25. The van der Waals surface area contributed by atoms with E-state index in [0.717, 1.165) is 25.7 Å². The summed E-state index contributed by atoms with van der Waals surface area (Å²) >= 11 is 0. The number of hydrogen-bond acceptors (Lipinski definition) is 5. The summed E-state index contributed by atoms with van der Waals surface area (Å²) in [5.74, 6) is -1.93. The van der Waals surface area contributed by atoms with Crippen LogP contribution in [0.5, 0.6) is 0 Å². The normalized spacial score (nSPS) is 18.3. The first kappa shape index (κ1) is 16.4. The first-order valence-electron chi connectivity index (χ1n) is 6.84. The molecule has 1 saturated carbocycles. The van der Waals surface area contributed by atoms with Gasteiger partial charge in [0.05, 0.1) is 24.4 Å². The van der Waals surface area contributed by atoms with Crippen molar-refractivity contribution >= 4 is 17.8 Å². The largest absolute Gasteiger partial charge is 0.481 e. The standard InChI is InChI=1S/C13H22N2O5/c1-8(15-12(18)10(14)6-11(16)17)7-20-13(19)9-4-2-3-5-9/h8-10H,2-7,14H2,1H3,(H,15,18)(H,16,17). The Labute approximate surface area is 117 Å². The topological polar surface area (TPSA) is 119 Å². The van der Waals surface area contributed by atoms with E-state index in [9.17, 15) is 14.4 Å². The number of nitrogens with two attached hydrogens (primary N) is 1. The Morgan fingerprint density at radius 1 is 1.35 bits per heavy atom. The summed E-state index contributed by atoms with van der Waals surface area (Å²) in [5, 5.41) is 11.1. The van der Waals surface area contributed by atoms with Gasteiger partial charge in [0.1, 0.15) is 6.61 Å². The number of carbonyl (C=O) groups excluding carboxylic acids is 2. The molecule has 4 N–H and O–H groups in total. The van der Waals surface area contributed by atoms with Gasteiger partial charge in [-0.05, 0) is 19.8 Å². The Hall–Kier alpha value is -1.63. The van der Waals surface area contributed by atoms with E-state index in [0.29, 0.717) is 0 Å². The molecule has 0 saturated heterocycles. The molecule has 20 heavy (non-hydrogen) atoms. The van der Waals surface area contributed by atoms with E-state index in [1.54, 1.807) is 6.92 Å². The van der Waals surface area contributed by atoms with Gasteiger partial charge < -0.3 is 20.9 Å². The molecule has 2 atom stereocenters. The first-order chi connectivity index (χ1) is 9.40. The summed E-state index contributed by atoms with van der Waals surface area (Å²) < 4.78 is 5.14. The fraction of sp³-hybridized carbons (Fsp3) is 0.769. The molecule has 0 heterocycles. The molecule has 7 nitrogen and oxygen atoms in total. The predicted octanol–water partition coefficient (Wildman–Crippen LogP) is 0.0265. The highest BCUT2D eigenvalue weighted by Crippen LogP contribution is 2.25. The van der Waals surface area contributed by atoms with Gasteiger partial charge in [0.2, 0.25) is 5.91 Å². The van der Waals surface area contributed by atoms with Crippen LogP contribution in [0.15, 0.2) is 0 Å². The smallest absolute Gasteiger partial charge is 0.309 e. The molecule has 0 bridgehead atoms. The number of aliphatic carboxylic acids is 1. The Morgan fingerprint density at radius 2 is 1.95 bits per heavy atom. The highest BCUT2D eigenvalue weighted by Gasteiger charge is 2.25. The van der Waals surface area contributed by atoms with E-state index >= 15 is 0 Å². The minimum atomic E-state index is -1.13. The molecule has 7 heteroatoms. The highest BCUT2D eigenvalue weighted by atomic mass is 16.5. The molecule has 1 aliphatic carbocycles. The van der Waals surface area contributed by atoms with Crippen LogP contribution in [0, 0.1) is 5.92 Å². The van der Waals surface area contributed by atoms with Crippen LogP contribution >= 0.6 is 0 Å². The van der Waals surface area contributed by atoms with Gasteiger partial charge in [-0.2, -0.15) is 0 Å². The molecule has 1 rings (SSSR count). The predicted molar refractivity (Wildman–Crippen MR) is 70.7 cm³/mol. The van der Waals surface area contributed by atoms with E-state index < -0.39 is 30.4 Å². The monoisotopic (exact) mass is 286 g/mol. The van der Waals surface area contributed by atoms with Crippen LogP contribution in [0.4, 0.5) is 0 Å². The van der Waals surface area contributed by atoms with Crippen molar-refractivity contribution in [1.82, 2.24) is 5.32 Å². The maximum absolute atomic E-state index is 11.7. The molecular weight excluding hydrogens is 264 g/mol. The van der Waals surface area contributed by atoms with Crippen LogP contribution in [0.3, 0.4) is 0 Å². The second-order valence-electron chi connectivity index (χ2n) is 5.23. The first-order valence-corrected chi connectivity index (χ1v) is 6.84.